The van der Waals surface area contributed by atoms with Crippen molar-refractivity contribution in [1.29, 1.82) is 0 Å². The Labute approximate surface area is 199 Å². The highest BCUT2D eigenvalue weighted by molar-refractivity contribution is 6.38. The number of hydrogen-bond acceptors (Lipinski definition) is 8. The molecule has 2 saturated heterocycles. The van der Waals surface area contributed by atoms with Crippen molar-refractivity contribution in [3.05, 3.63) is 12.2 Å². The molecule has 0 spiro atoms. The van der Waals surface area contributed by atoms with E-state index in [1.54, 1.807) is 0 Å². The summed E-state index contributed by atoms with van der Waals surface area (Å²) in [5, 5.41) is 0. The quantitative estimate of drug-likeness (QED) is 0.259. The van der Waals surface area contributed by atoms with Gasteiger partial charge in [0, 0.05) is 38.3 Å². The zero-order chi connectivity index (χ0) is 25.5. The molecule has 188 valence electrons. The van der Waals surface area contributed by atoms with Crippen LogP contribution in [0.1, 0.15) is 53.4 Å². The van der Waals surface area contributed by atoms with Gasteiger partial charge in [0.1, 0.15) is 13.2 Å². The molecule has 10 nitrogen and oxygen atoms in total. The van der Waals surface area contributed by atoms with E-state index in [2.05, 4.69) is 0 Å². The number of esters is 2. The molecule has 2 rings (SSSR count). The van der Waals surface area contributed by atoms with Crippen LogP contribution in [0.25, 0.3) is 0 Å². The highest BCUT2D eigenvalue weighted by Gasteiger charge is 2.38. The normalized spacial score (nSPS) is 16.6. The van der Waals surface area contributed by atoms with Gasteiger partial charge in [-0.1, -0.05) is 0 Å². The van der Waals surface area contributed by atoms with Crippen molar-refractivity contribution in [2.45, 2.75) is 53.4 Å². The summed E-state index contributed by atoms with van der Waals surface area (Å²) in [6.45, 7) is 7.55. The molecule has 0 aromatic rings. The smallest absolute Gasteiger partial charge is 0.331 e. The first-order valence-electron chi connectivity index (χ1n) is 11.5. The summed E-state index contributed by atoms with van der Waals surface area (Å²) in [4.78, 5) is 76.4. The van der Waals surface area contributed by atoms with E-state index >= 15 is 0 Å². The van der Waals surface area contributed by atoms with Crippen molar-refractivity contribution >= 4 is 35.3 Å². The van der Waals surface area contributed by atoms with Gasteiger partial charge < -0.3 is 19.3 Å². The van der Waals surface area contributed by atoms with Crippen LogP contribution in [-0.2, 0) is 38.2 Å². The number of hydrogen-bond donors (Lipinski definition) is 0. The molecule has 34 heavy (non-hydrogen) atoms. The molecular weight excluding hydrogens is 444 g/mol. The van der Waals surface area contributed by atoms with E-state index in [0.717, 1.165) is 37.8 Å². The number of ketones is 2. The molecule has 2 fully saturated rings. The van der Waals surface area contributed by atoms with Crippen molar-refractivity contribution in [3.8, 4) is 0 Å². The molecule has 0 aliphatic carbocycles. The Morgan fingerprint density at radius 2 is 0.912 bits per heavy atom. The van der Waals surface area contributed by atoms with Gasteiger partial charge in [-0.2, -0.15) is 0 Å². The first-order valence-corrected chi connectivity index (χ1v) is 11.5. The van der Waals surface area contributed by atoms with Gasteiger partial charge in [0.05, 0.1) is 10.8 Å². The van der Waals surface area contributed by atoms with Gasteiger partial charge in [0.15, 0.2) is 0 Å². The summed E-state index contributed by atoms with van der Waals surface area (Å²) in [5.74, 6) is -4.21. The van der Waals surface area contributed by atoms with E-state index in [-0.39, 0.29) is 13.2 Å². The lowest BCUT2D eigenvalue weighted by Gasteiger charge is -2.24. The molecule has 0 unspecified atom stereocenters. The van der Waals surface area contributed by atoms with Crippen LogP contribution in [0.3, 0.4) is 0 Å². The summed E-state index contributed by atoms with van der Waals surface area (Å²) in [7, 11) is 0. The Balaban J connectivity index is 1.78. The molecule has 10 heteroatoms. The number of Topliss-reactive ketones (excluding diaryl/α,β-unsaturated/α-hetero) is 2. The minimum atomic E-state index is -1.21. The number of ether oxygens (including phenoxy) is 2. The number of carbonyl (C=O) groups is 6. The predicted octanol–water partition coefficient (Wildman–Crippen LogP) is 1.06. The van der Waals surface area contributed by atoms with Gasteiger partial charge in [-0.15, -0.1) is 0 Å². The maximum atomic E-state index is 12.5. The summed E-state index contributed by atoms with van der Waals surface area (Å²) in [6.07, 6.45) is 5.11. The Hall–Kier alpha value is -3.04. The van der Waals surface area contributed by atoms with Crippen LogP contribution in [0.2, 0.25) is 0 Å². The number of carbonyl (C=O) groups excluding carboxylic acids is 6. The van der Waals surface area contributed by atoms with E-state index in [1.807, 2.05) is 0 Å². The number of rotatable bonds is 10. The number of likely N-dealkylation sites (tertiary alicyclic amines) is 2. The van der Waals surface area contributed by atoms with Crippen LogP contribution in [0.4, 0.5) is 0 Å². The Morgan fingerprint density at radius 1 is 0.618 bits per heavy atom. The molecule has 2 aliphatic heterocycles. The third-order valence-corrected chi connectivity index (χ3v) is 5.91. The molecule has 2 heterocycles. The van der Waals surface area contributed by atoms with Crippen LogP contribution in [0, 0.1) is 10.8 Å². The molecule has 2 amide bonds. The first kappa shape index (κ1) is 27.2. The predicted molar refractivity (Wildman–Crippen MR) is 120 cm³/mol. The fraction of sp³-hybridized carbons (Fsp3) is 0.667. The summed E-state index contributed by atoms with van der Waals surface area (Å²) in [6, 6.07) is 0. The average molecular weight is 479 g/mol. The lowest BCUT2D eigenvalue weighted by atomic mass is 9.88. The first-order chi connectivity index (χ1) is 15.8. The Morgan fingerprint density at radius 3 is 1.21 bits per heavy atom. The van der Waals surface area contributed by atoms with E-state index < -0.39 is 46.1 Å². The summed E-state index contributed by atoms with van der Waals surface area (Å²) < 4.78 is 10.1. The van der Waals surface area contributed by atoms with Crippen molar-refractivity contribution < 1.29 is 38.2 Å². The molecule has 0 bridgehead atoms. The van der Waals surface area contributed by atoms with Gasteiger partial charge in [0.2, 0.25) is 11.6 Å². The standard InChI is InChI=1S/C24H34N2O8/c1-23(2,19(29)21(31)25-11-5-6-12-25)15-33-17(27)9-10-18(28)34-16-24(3,4)20(30)22(32)26-13-7-8-14-26/h9-10H,5-8,11-16H2,1-4H3/b10-9+. The van der Waals surface area contributed by atoms with Crippen molar-refractivity contribution in [2.24, 2.45) is 10.8 Å². The van der Waals surface area contributed by atoms with E-state index in [1.165, 1.54) is 37.5 Å². The van der Waals surface area contributed by atoms with Gasteiger partial charge in [0.25, 0.3) is 11.8 Å². The maximum Gasteiger partial charge on any atom is 0.331 e. The SMILES string of the molecule is CC(C)(COC(=O)/C=C/C(=O)OCC(C)(C)C(=O)C(=O)N1CCCC1)C(=O)C(=O)N1CCCC1. The van der Waals surface area contributed by atoms with Crippen LogP contribution in [-0.4, -0.2) is 84.5 Å². The van der Waals surface area contributed by atoms with E-state index in [0.29, 0.717) is 26.2 Å². The zero-order valence-electron chi connectivity index (χ0n) is 20.4. The third kappa shape index (κ3) is 7.23. The molecule has 0 radical (unpaired) electrons. The minimum absolute atomic E-state index is 0.330. The highest BCUT2D eigenvalue weighted by Crippen LogP contribution is 2.22. The Bertz CT molecular complexity index is 792. The Kier molecular flexibility index (Phi) is 9.12. The lowest BCUT2D eigenvalue weighted by molar-refractivity contribution is -0.154. The van der Waals surface area contributed by atoms with Crippen LogP contribution < -0.4 is 0 Å². The fourth-order valence-electron chi connectivity index (χ4n) is 3.57. The van der Waals surface area contributed by atoms with Gasteiger partial charge in [-0.3, -0.25) is 19.2 Å². The molecule has 0 saturated carbocycles. The second kappa shape index (κ2) is 11.4. The highest BCUT2D eigenvalue weighted by atomic mass is 16.5. The van der Waals surface area contributed by atoms with Crippen molar-refractivity contribution in [3.63, 3.8) is 0 Å². The topological polar surface area (TPSA) is 127 Å². The summed E-state index contributed by atoms with van der Waals surface area (Å²) in [5.41, 5.74) is -2.42. The summed E-state index contributed by atoms with van der Waals surface area (Å²) >= 11 is 0. The van der Waals surface area contributed by atoms with E-state index in [4.69, 9.17) is 9.47 Å². The van der Waals surface area contributed by atoms with Crippen LogP contribution in [0.5, 0.6) is 0 Å². The van der Waals surface area contributed by atoms with Gasteiger partial charge >= 0.3 is 11.9 Å². The fourth-order valence-corrected chi connectivity index (χ4v) is 3.57. The maximum absolute atomic E-state index is 12.5. The minimum Gasteiger partial charge on any atom is -0.461 e. The van der Waals surface area contributed by atoms with Crippen molar-refractivity contribution in [2.75, 3.05) is 39.4 Å². The number of nitrogens with zero attached hydrogens (tertiary/aromatic N) is 2. The van der Waals surface area contributed by atoms with Gasteiger partial charge in [-0.05, 0) is 53.4 Å². The van der Waals surface area contributed by atoms with Crippen LogP contribution in [0.15, 0.2) is 12.2 Å². The lowest BCUT2D eigenvalue weighted by Crippen LogP contribution is -2.43. The van der Waals surface area contributed by atoms with E-state index in [9.17, 15) is 28.8 Å². The monoisotopic (exact) mass is 478 g/mol. The second-order valence-electron chi connectivity index (χ2n) is 9.97. The molecule has 2 aliphatic rings. The molecular formula is C24H34N2O8. The molecule has 0 atom stereocenters. The zero-order valence-corrected chi connectivity index (χ0v) is 20.4. The average Bonchev–Trinajstić information content (AvgIpc) is 3.52. The molecule has 0 aromatic heterocycles. The largest absolute Gasteiger partial charge is 0.461 e. The van der Waals surface area contributed by atoms with Gasteiger partial charge in [-0.25, -0.2) is 9.59 Å². The van der Waals surface area contributed by atoms with Crippen LogP contribution >= 0.6 is 0 Å². The third-order valence-electron chi connectivity index (χ3n) is 5.91. The second-order valence-corrected chi connectivity index (χ2v) is 9.97. The molecule has 0 N–H and O–H groups in total. The van der Waals surface area contributed by atoms with Crippen molar-refractivity contribution in [1.82, 2.24) is 9.80 Å². The molecule has 0 aromatic carbocycles. The number of amides is 2.